The van der Waals surface area contributed by atoms with E-state index in [0.29, 0.717) is 13.1 Å². The topological polar surface area (TPSA) is 39.2 Å². The van der Waals surface area contributed by atoms with Crippen LogP contribution in [-0.2, 0) is 9.53 Å². The standard InChI is InChI=1S/C13H12FNO2S/c1-9(6-17-8-16)13-12(15-7-18-13)10-2-4-11(14)5-3-10/h2-5,7-9H,6H2,1H3. The number of nitrogens with zero attached hydrogens (tertiary/aromatic N) is 1. The van der Waals surface area contributed by atoms with E-state index in [4.69, 9.17) is 4.74 Å². The molecule has 0 aliphatic rings. The number of hydrogen-bond donors (Lipinski definition) is 0. The van der Waals surface area contributed by atoms with Gasteiger partial charge < -0.3 is 4.74 Å². The van der Waals surface area contributed by atoms with E-state index in [1.54, 1.807) is 17.6 Å². The minimum absolute atomic E-state index is 0.0720. The van der Waals surface area contributed by atoms with Gasteiger partial charge in [-0.25, -0.2) is 9.37 Å². The Morgan fingerprint density at radius 3 is 2.83 bits per heavy atom. The Bertz CT molecular complexity index is 524. The molecule has 2 rings (SSSR count). The quantitative estimate of drug-likeness (QED) is 0.779. The van der Waals surface area contributed by atoms with Crippen LogP contribution in [0.1, 0.15) is 17.7 Å². The summed E-state index contributed by atoms with van der Waals surface area (Å²) < 4.78 is 17.6. The Labute approximate surface area is 108 Å². The fourth-order valence-electron chi connectivity index (χ4n) is 1.69. The van der Waals surface area contributed by atoms with E-state index >= 15 is 0 Å². The number of carbonyl (C=O) groups excluding carboxylic acids is 1. The first-order valence-electron chi connectivity index (χ1n) is 5.47. The van der Waals surface area contributed by atoms with Crippen molar-refractivity contribution in [1.29, 1.82) is 0 Å². The number of thiazole rings is 1. The van der Waals surface area contributed by atoms with Crippen molar-refractivity contribution >= 4 is 17.8 Å². The summed E-state index contributed by atoms with van der Waals surface area (Å²) >= 11 is 1.51. The molecule has 0 saturated carbocycles. The van der Waals surface area contributed by atoms with Crippen LogP contribution in [0, 0.1) is 5.82 Å². The summed E-state index contributed by atoms with van der Waals surface area (Å²) in [6.45, 7) is 2.72. The lowest BCUT2D eigenvalue weighted by molar-refractivity contribution is -0.129. The SMILES string of the molecule is CC(COC=O)c1scnc1-c1ccc(F)cc1. The Morgan fingerprint density at radius 2 is 2.17 bits per heavy atom. The molecule has 1 atom stereocenters. The van der Waals surface area contributed by atoms with Crippen LogP contribution in [0.3, 0.4) is 0 Å². The van der Waals surface area contributed by atoms with Gasteiger partial charge in [-0.1, -0.05) is 6.92 Å². The fourth-order valence-corrected chi connectivity index (χ4v) is 2.54. The Morgan fingerprint density at radius 1 is 1.44 bits per heavy atom. The number of halogens is 1. The van der Waals surface area contributed by atoms with Gasteiger partial charge in [-0.05, 0) is 24.3 Å². The van der Waals surface area contributed by atoms with Crippen molar-refractivity contribution in [3.05, 3.63) is 40.5 Å². The first-order chi connectivity index (χ1) is 8.72. The normalized spacial score (nSPS) is 12.1. The van der Waals surface area contributed by atoms with Gasteiger partial charge in [0.1, 0.15) is 5.82 Å². The third-order valence-corrected chi connectivity index (χ3v) is 3.63. The summed E-state index contributed by atoms with van der Waals surface area (Å²) in [7, 11) is 0. The molecule has 0 fully saturated rings. The van der Waals surface area contributed by atoms with E-state index in [9.17, 15) is 9.18 Å². The molecule has 0 bridgehead atoms. The minimum atomic E-state index is -0.270. The van der Waals surface area contributed by atoms with Crippen LogP contribution in [0.4, 0.5) is 4.39 Å². The van der Waals surface area contributed by atoms with E-state index in [1.165, 1.54) is 23.5 Å². The molecule has 0 amide bonds. The molecule has 1 heterocycles. The van der Waals surface area contributed by atoms with Crippen LogP contribution in [0.15, 0.2) is 29.8 Å². The van der Waals surface area contributed by atoms with E-state index in [-0.39, 0.29) is 11.7 Å². The van der Waals surface area contributed by atoms with Gasteiger partial charge in [0.2, 0.25) is 0 Å². The highest BCUT2D eigenvalue weighted by molar-refractivity contribution is 7.10. The lowest BCUT2D eigenvalue weighted by Gasteiger charge is -2.10. The first-order valence-corrected chi connectivity index (χ1v) is 6.35. The molecule has 0 aliphatic carbocycles. The van der Waals surface area contributed by atoms with Crippen molar-refractivity contribution in [3.8, 4) is 11.3 Å². The monoisotopic (exact) mass is 265 g/mol. The number of hydrogen-bond acceptors (Lipinski definition) is 4. The maximum Gasteiger partial charge on any atom is 0.293 e. The number of aromatic nitrogens is 1. The zero-order chi connectivity index (χ0) is 13.0. The summed E-state index contributed by atoms with van der Waals surface area (Å²) in [4.78, 5) is 15.5. The molecular weight excluding hydrogens is 253 g/mol. The van der Waals surface area contributed by atoms with Gasteiger partial charge in [-0.15, -0.1) is 11.3 Å². The van der Waals surface area contributed by atoms with Crippen molar-refractivity contribution in [2.45, 2.75) is 12.8 Å². The Kier molecular flexibility index (Phi) is 4.04. The second-order valence-electron chi connectivity index (χ2n) is 3.90. The largest absolute Gasteiger partial charge is 0.467 e. The Hall–Kier alpha value is -1.75. The molecule has 0 saturated heterocycles. The summed E-state index contributed by atoms with van der Waals surface area (Å²) in [5, 5.41) is 0. The lowest BCUT2D eigenvalue weighted by Crippen LogP contribution is -2.03. The second kappa shape index (κ2) is 5.73. The summed E-state index contributed by atoms with van der Waals surface area (Å²) in [5.74, 6) is -0.199. The molecular formula is C13H12FNO2S. The van der Waals surface area contributed by atoms with Crippen molar-refractivity contribution in [2.75, 3.05) is 6.61 Å². The van der Waals surface area contributed by atoms with E-state index in [1.807, 2.05) is 6.92 Å². The molecule has 0 radical (unpaired) electrons. The van der Waals surface area contributed by atoms with Crippen LogP contribution >= 0.6 is 11.3 Å². The number of benzene rings is 1. The zero-order valence-electron chi connectivity index (χ0n) is 9.80. The van der Waals surface area contributed by atoms with Crippen LogP contribution < -0.4 is 0 Å². The van der Waals surface area contributed by atoms with Crippen molar-refractivity contribution in [3.63, 3.8) is 0 Å². The smallest absolute Gasteiger partial charge is 0.293 e. The van der Waals surface area contributed by atoms with Crippen LogP contribution in [0.2, 0.25) is 0 Å². The molecule has 2 aromatic rings. The molecule has 1 unspecified atom stereocenters. The molecule has 18 heavy (non-hydrogen) atoms. The molecule has 1 aromatic carbocycles. The number of carbonyl (C=O) groups is 1. The maximum atomic E-state index is 12.9. The average molecular weight is 265 g/mol. The maximum absolute atomic E-state index is 12.9. The second-order valence-corrected chi connectivity index (χ2v) is 4.79. The highest BCUT2D eigenvalue weighted by atomic mass is 32.1. The van der Waals surface area contributed by atoms with E-state index in [0.717, 1.165) is 16.1 Å². The minimum Gasteiger partial charge on any atom is -0.467 e. The number of rotatable bonds is 5. The molecule has 94 valence electrons. The third-order valence-electron chi connectivity index (χ3n) is 2.57. The van der Waals surface area contributed by atoms with E-state index in [2.05, 4.69) is 4.98 Å². The molecule has 5 heteroatoms. The van der Waals surface area contributed by atoms with Gasteiger partial charge in [0.05, 0.1) is 17.8 Å². The Balaban J connectivity index is 2.26. The highest BCUT2D eigenvalue weighted by Crippen LogP contribution is 2.31. The summed E-state index contributed by atoms with van der Waals surface area (Å²) in [6, 6.07) is 6.21. The van der Waals surface area contributed by atoms with Gasteiger partial charge in [0, 0.05) is 16.4 Å². The number of ether oxygens (including phenoxy) is 1. The summed E-state index contributed by atoms with van der Waals surface area (Å²) in [6.07, 6.45) is 0. The van der Waals surface area contributed by atoms with Crippen molar-refractivity contribution < 1.29 is 13.9 Å². The third kappa shape index (κ3) is 2.73. The average Bonchev–Trinajstić information content (AvgIpc) is 2.86. The van der Waals surface area contributed by atoms with Crippen molar-refractivity contribution in [1.82, 2.24) is 4.98 Å². The van der Waals surface area contributed by atoms with Crippen LogP contribution in [0.25, 0.3) is 11.3 Å². The molecule has 0 aliphatic heterocycles. The molecule has 1 aromatic heterocycles. The van der Waals surface area contributed by atoms with E-state index < -0.39 is 0 Å². The van der Waals surface area contributed by atoms with Gasteiger partial charge in [-0.2, -0.15) is 0 Å². The van der Waals surface area contributed by atoms with Gasteiger partial charge >= 0.3 is 0 Å². The lowest BCUT2D eigenvalue weighted by atomic mass is 10.0. The van der Waals surface area contributed by atoms with Crippen LogP contribution in [0.5, 0.6) is 0 Å². The molecule has 0 N–H and O–H groups in total. The first kappa shape index (κ1) is 12.7. The summed E-state index contributed by atoms with van der Waals surface area (Å²) in [5.41, 5.74) is 3.43. The fraction of sp³-hybridized carbons (Fsp3) is 0.231. The van der Waals surface area contributed by atoms with Crippen LogP contribution in [-0.4, -0.2) is 18.1 Å². The highest BCUT2D eigenvalue weighted by Gasteiger charge is 2.15. The predicted molar refractivity (Wildman–Crippen MR) is 67.9 cm³/mol. The van der Waals surface area contributed by atoms with Gasteiger partial charge in [0.25, 0.3) is 6.47 Å². The van der Waals surface area contributed by atoms with Gasteiger partial charge in [-0.3, -0.25) is 4.79 Å². The molecule has 3 nitrogen and oxygen atoms in total. The van der Waals surface area contributed by atoms with Gasteiger partial charge in [0.15, 0.2) is 0 Å². The zero-order valence-corrected chi connectivity index (χ0v) is 10.6. The predicted octanol–water partition coefficient (Wildman–Crippen LogP) is 3.23. The molecule has 0 spiro atoms. The van der Waals surface area contributed by atoms with Crippen molar-refractivity contribution in [2.24, 2.45) is 0 Å².